The van der Waals surface area contributed by atoms with Crippen molar-refractivity contribution in [1.82, 2.24) is 14.3 Å². The van der Waals surface area contributed by atoms with Crippen molar-refractivity contribution in [2.45, 2.75) is 30.2 Å². The molecular weight excluding hydrogens is 250 g/mol. The van der Waals surface area contributed by atoms with Gasteiger partial charge in [-0.25, -0.2) is 13.4 Å². The number of alkyl halides is 1. The molecule has 0 aromatic carbocycles. The first-order valence-electron chi connectivity index (χ1n) is 5.16. The maximum absolute atomic E-state index is 12.1. The van der Waals surface area contributed by atoms with Crippen LogP contribution in [0.5, 0.6) is 0 Å². The minimum Gasteiger partial charge on any atom is -0.332 e. The van der Waals surface area contributed by atoms with Gasteiger partial charge in [-0.1, -0.05) is 0 Å². The van der Waals surface area contributed by atoms with Crippen LogP contribution in [0.4, 0.5) is 0 Å². The van der Waals surface area contributed by atoms with Crippen LogP contribution in [0.2, 0.25) is 0 Å². The first-order chi connectivity index (χ1) is 7.50. The molecule has 2 rings (SSSR count). The third-order valence-electron chi connectivity index (χ3n) is 2.62. The molecule has 1 N–H and O–H groups in total. The highest BCUT2D eigenvalue weighted by Crippen LogP contribution is 2.21. The van der Waals surface area contributed by atoms with Gasteiger partial charge < -0.3 is 4.98 Å². The first-order valence-corrected chi connectivity index (χ1v) is 7.03. The summed E-state index contributed by atoms with van der Waals surface area (Å²) in [5.41, 5.74) is 0. The van der Waals surface area contributed by atoms with Crippen LogP contribution in [0.15, 0.2) is 11.2 Å². The molecule has 90 valence electrons. The molecule has 0 spiro atoms. The van der Waals surface area contributed by atoms with Gasteiger partial charge >= 0.3 is 0 Å². The number of rotatable bonds is 2. The normalized spacial score (nSPS) is 23.5. The monoisotopic (exact) mass is 263 g/mol. The highest BCUT2D eigenvalue weighted by molar-refractivity contribution is 7.89. The molecule has 1 atom stereocenters. The van der Waals surface area contributed by atoms with Crippen molar-refractivity contribution in [3.8, 4) is 0 Å². The summed E-state index contributed by atoms with van der Waals surface area (Å²) in [5.74, 6) is 0.595. The lowest BCUT2D eigenvalue weighted by molar-refractivity contribution is 0.349. The standard InChI is InChI=1S/C9H14ClN3O2S/c1-7-11-5-9(12-7)16(14,15)13-4-2-3-8(10)6-13/h5,8H,2-4,6H2,1H3,(H,11,12). The van der Waals surface area contributed by atoms with Crippen molar-refractivity contribution in [2.75, 3.05) is 13.1 Å². The van der Waals surface area contributed by atoms with E-state index >= 15 is 0 Å². The molecule has 1 fully saturated rings. The van der Waals surface area contributed by atoms with E-state index in [-0.39, 0.29) is 10.4 Å². The van der Waals surface area contributed by atoms with Crippen LogP contribution in [0.25, 0.3) is 0 Å². The molecule has 16 heavy (non-hydrogen) atoms. The third kappa shape index (κ3) is 2.23. The molecule has 0 bridgehead atoms. The molecule has 1 aromatic heterocycles. The summed E-state index contributed by atoms with van der Waals surface area (Å²) in [5, 5.41) is 0.0586. The third-order valence-corrected chi connectivity index (χ3v) is 4.75. The van der Waals surface area contributed by atoms with Crippen LogP contribution < -0.4 is 0 Å². The van der Waals surface area contributed by atoms with Crippen LogP contribution in [0.3, 0.4) is 0 Å². The topological polar surface area (TPSA) is 66.1 Å². The molecule has 0 saturated carbocycles. The van der Waals surface area contributed by atoms with Crippen LogP contribution >= 0.6 is 11.6 Å². The number of nitrogens with one attached hydrogen (secondary N) is 1. The number of hydrogen-bond donors (Lipinski definition) is 1. The Morgan fingerprint density at radius 2 is 2.38 bits per heavy atom. The Morgan fingerprint density at radius 1 is 1.62 bits per heavy atom. The van der Waals surface area contributed by atoms with E-state index in [9.17, 15) is 8.42 Å². The van der Waals surface area contributed by atoms with Crippen LogP contribution in [0, 0.1) is 6.92 Å². The van der Waals surface area contributed by atoms with Gasteiger partial charge in [0.2, 0.25) is 0 Å². The van der Waals surface area contributed by atoms with E-state index in [1.807, 2.05) is 0 Å². The average molecular weight is 264 g/mol. The summed E-state index contributed by atoms with van der Waals surface area (Å²) in [6.07, 6.45) is 3.03. The lowest BCUT2D eigenvalue weighted by atomic mass is 10.2. The number of nitrogens with zero attached hydrogens (tertiary/aromatic N) is 2. The van der Waals surface area contributed by atoms with E-state index in [0.717, 1.165) is 12.8 Å². The van der Waals surface area contributed by atoms with Gasteiger partial charge in [-0.15, -0.1) is 11.6 Å². The number of H-pyrrole nitrogens is 1. The van der Waals surface area contributed by atoms with Gasteiger partial charge in [0.25, 0.3) is 10.0 Å². The van der Waals surface area contributed by atoms with Crippen LogP contribution in [-0.4, -0.2) is 41.2 Å². The van der Waals surface area contributed by atoms with Crippen LogP contribution in [0.1, 0.15) is 18.7 Å². The fraction of sp³-hybridized carbons (Fsp3) is 0.667. The van der Waals surface area contributed by atoms with E-state index in [4.69, 9.17) is 11.6 Å². The Balaban J connectivity index is 2.25. The Morgan fingerprint density at radius 3 is 2.94 bits per heavy atom. The Hall–Kier alpha value is -0.590. The largest absolute Gasteiger partial charge is 0.332 e. The van der Waals surface area contributed by atoms with Crippen molar-refractivity contribution in [2.24, 2.45) is 0 Å². The number of sulfonamides is 1. The van der Waals surface area contributed by atoms with E-state index in [1.54, 1.807) is 6.92 Å². The summed E-state index contributed by atoms with van der Waals surface area (Å²) in [6.45, 7) is 2.63. The second kappa shape index (κ2) is 4.35. The van der Waals surface area contributed by atoms with Gasteiger partial charge in [0.15, 0.2) is 5.03 Å². The van der Waals surface area contributed by atoms with Crippen LogP contribution in [-0.2, 0) is 10.0 Å². The second-order valence-corrected chi connectivity index (χ2v) is 6.46. The molecule has 0 radical (unpaired) electrons. The summed E-state index contributed by atoms with van der Waals surface area (Å²) >= 11 is 5.98. The number of aryl methyl sites for hydroxylation is 1. The lowest BCUT2D eigenvalue weighted by Crippen LogP contribution is -2.40. The van der Waals surface area contributed by atoms with Gasteiger partial charge in [-0.3, -0.25) is 0 Å². The fourth-order valence-electron chi connectivity index (χ4n) is 1.78. The maximum Gasteiger partial charge on any atom is 0.260 e. The molecule has 1 aromatic rings. The lowest BCUT2D eigenvalue weighted by Gasteiger charge is -2.28. The van der Waals surface area contributed by atoms with Crippen molar-refractivity contribution in [1.29, 1.82) is 0 Å². The highest BCUT2D eigenvalue weighted by Gasteiger charge is 2.30. The number of imidazole rings is 1. The Bertz CT molecular complexity index is 471. The number of halogens is 1. The van der Waals surface area contributed by atoms with Gasteiger partial charge in [-0.05, 0) is 19.8 Å². The summed E-state index contributed by atoms with van der Waals surface area (Å²) < 4.78 is 25.7. The van der Waals surface area contributed by atoms with E-state index in [1.165, 1.54) is 10.5 Å². The molecule has 1 aliphatic heterocycles. The molecule has 5 nitrogen and oxygen atoms in total. The number of piperidine rings is 1. The zero-order valence-electron chi connectivity index (χ0n) is 8.98. The van der Waals surface area contributed by atoms with Crippen molar-refractivity contribution in [3.63, 3.8) is 0 Å². The summed E-state index contributed by atoms with van der Waals surface area (Å²) in [4.78, 5) is 6.65. The van der Waals surface area contributed by atoms with Gasteiger partial charge in [0.05, 0.1) is 6.20 Å². The predicted molar refractivity (Wildman–Crippen MR) is 61.0 cm³/mol. The summed E-state index contributed by atoms with van der Waals surface area (Å²) in [6, 6.07) is 0. The smallest absolute Gasteiger partial charge is 0.260 e. The van der Waals surface area contributed by atoms with Crippen molar-refractivity contribution in [3.05, 3.63) is 12.0 Å². The van der Waals surface area contributed by atoms with Gasteiger partial charge in [-0.2, -0.15) is 4.31 Å². The first kappa shape index (κ1) is 11.9. The van der Waals surface area contributed by atoms with E-state index in [2.05, 4.69) is 9.97 Å². The quantitative estimate of drug-likeness (QED) is 0.813. The minimum atomic E-state index is -3.44. The second-order valence-electron chi connectivity index (χ2n) is 3.94. The fourth-order valence-corrected chi connectivity index (χ4v) is 3.67. The molecule has 0 amide bonds. The minimum absolute atomic E-state index is 0.0902. The van der Waals surface area contributed by atoms with Crippen molar-refractivity contribution >= 4 is 21.6 Å². The molecular formula is C9H14ClN3O2S. The Labute approximate surface area is 99.9 Å². The zero-order chi connectivity index (χ0) is 11.8. The number of hydrogen-bond acceptors (Lipinski definition) is 3. The van der Waals surface area contributed by atoms with Gasteiger partial charge in [0.1, 0.15) is 5.82 Å². The number of aromatic nitrogens is 2. The SMILES string of the molecule is Cc1ncc(S(=O)(=O)N2CCCC(Cl)C2)[nH]1. The maximum atomic E-state index is 12.1. The Kier molecular flexibility index (Phi) is 3.23. The average Bonchev–Trinajstić information content (AvgIpc) is 2.65. The molecule has 1 unspecified atom stereocenters. The predicted octanol–water partition coefficient (Wildman–Crippen LogP) is 1.11. The zero-order valence-corrected chi connectivity index (χ0v) is 10.6. The van der Waals surface area contributed by atoms with E-state index < -0.39 is 10.0 Å². The van der Waals surface area contributed by atoms with E-state index in [0.29, 0.717) is 18.9 Å². The van der Waals surface area contributed by atoms with Crippen molar-refractivity contribution < 1.29 is 8.42 Å². The van der Waals surface area contributed by atoms with Gasteiger partial charge in [0, 0.05) is 18.5 Å². The summed E-state index contributed by atoms with van der Waals surface area (Å²) in [7, 11) is -3.44. The molecule has 0 aliphatic carbocycles. The molecule has 1 saturated heterocycles. The molecule has 7 heteroatoms. The molecule has 1 aliphatic rings. The molecule has 2 heterocycles. The number of aromatic amines is 1. The highest BCUT2D eigenvalue weighted by atomic mass is 35.5.